The first-order chi connectivity index (χ1) is 43.3. The second kappa shape index (κ2) is 35.3. The van der Waals surface area contributed by atoms with E-state index in [4.69, 9.17) is 18.9 Å². The molecular weight excluding hydrogens is 1200 g/mol. The lowest BCUT2D eigenvalue weighted by Crippen LogP contribution is -2.68. The maximum Gasteiger partial charge on any atom is 0.364 e. The van der Waals surface area contributed by atoms with Gasteiger partial charge in [-0.2, -0.15) is 23.5 Å². The van der Waals surface area contributed by atoms with Crippen LogP contribution < -0.4 is 26.6 Å². The Labute approximate surface area is 532 Å². The predicted octanol–water partition coefficient (Wildman–Crippen LogP) is 3.61. The summed E-state index contributed by atoms with van der Waals surface area (Å²) in [4.78, 5) is 75.5. The highest BCUT2D eigenvalue weighted by Crippen LogP contribution is 2.35. The fourth-order valence-corrected chi connectivity index (χ4v) is 12.2. The molecule has 4 amide bonds. The molecule has 22 nitrogen and oxygen atoms in total. The number of unbranched alkanes of at least 4 members (excludes halogenated alkanes) is 1. The Balaban J connectivity index is 0.753. The molecule has 2 heterocycles. The lowest BCUT2D eigenvalue weighted by Gasteiger charge is -2.46. The fraction of sp³-hybridized carbons (Fsp3) is 0.455. The van der Waals surface area contributed by atoms with Crippen LogP contribution in [-0.2, 0) is 51.1 Å². The normalized spacial score (nSPS) is 22.9. The minimum absolute atomic E-state index is 0.0743. The van der Waals surface area contributed by atoms with Crippen LogP contribution in [0.1, 0.15) is 77.8 Å². The Hall–Kier alpha value is -6.62. The molecule has 0 saturated carbocycles. The standard InChI is InChI=1S/C66H83N5O17S2/c1-42(73)70-56-52(75)36-65(41-72,87-60(56)58(79)54(77)39-68-62(81)50-25-21-48(22-26-50)46-13-5-3-6-14-46)85-30-11-33-89-34-29-67-38-45-19-17-44(18-20-45)12-9-10-32-90-35-31-86-66(64(83)84)37-53(76)57(71-43(2)74)61(88-66)59(80)55(78)40-69-63(82)51-27-23-49(24-28-51)47-15-7-4-8-16-47/h3-8,13-28,41,52-61,67,75-80H,9-12,29-40H2,1-2H3,(H,68,81)(H,69,82)(H,70,73)(H,71,74)(H,83,84)/t52-,53-,54+,55+,56+,57+,58+,59+,60+,61+,65+,66+/m0/s1. The first kappa shape index (κ1) is 70.8. The van der Waals surface area contributed by atoms with Crippen LogP contribution in [0.25, 0.3) is 22.3 Å². The number of aliphatic hydroxyl groups is 6. The summed E-state index contributed by atoms with van der Waals surface area (Å²) in [5, 5.41) is 91.0. The Morgan fingerprint density at radius 3 is 1.57 bits per heavy atom. The van der Waals surface area contributed by atoms with E-state index in [0.29, 0.717) is 41.9 Å². The average Bonchev–Trinajstić information content (AvgIpc) is 0.882. The number of carbonyl (C=O) groups excluding carboxylic acids is 5. The number of nitrogens with one attached hydrogen (secondary N) is 5. The lowest BCUT2D eigenvalue weighted by molar-refractivity contribution is -0.309. The summed E-state index contributed by atoms with van der Waals surface area (Å²) in [6, 6.07) is 38.7. The third kappa shape index (κ3) is 20.7. The minimum atomic E-state index is -2.41. The molecule has 5 aromatic carbocycles. The zero-order valence-corrected chi connectivity index (χ0v) is 52.0. The van der Waals surface area contributed by atoms with Gasteiger partial charge >= 0.3 is 5.97 Å². The first-order valence-corrected chi connectivity index (χ1v) is 32.4. The minimum Gasteiger partial charge on any atom is -0.477 e. The number of aliphatic hydroxyl groups excluding tert-OH is 6. The van der Waals surface area contributed by atoms with Crippen LogP contribution in [0.3, 0.4) is 0 Å². The molecule has 0 bridgehead atoms. The highest BCUT2D eigenvalue weighted by molar-refractivity contribution is 7.99. The number of carboxylic acid groups (broad SMARTS) is 1. The van der Waals surface area contributed by atoms with Gasteiger partial charge in [-0.05, 0) is 94.8 Å². The number of hydrogen-bond acceptors (Lipinski definition) is 19. The van der Waals surface area contributed by atoms with Crippen molar-refractivity contribution in [2.45, 2.75) is 131 Å². The van der Waals surface area contributed by atoms with Gasteiger partial charge in [0.2, 0.25) is 17.6 Å². The molecule has 0 spiro atoms. The van der Waals surface area contributed by atoms with Crippen molar-refractivity contribution >= 4 is 59.4 Å². The van der Waals surface area contributed by atoms with Crippen LogP contribution in [0.2, 0.25) is 0 Å². The maximum atomic E-state index is 13.0. The summed E-state index contributed by atoms with van der Waals surface area (Å²) in [7, 11) is 0. The van der Waals surface area contributed by atoms with Gasteiger partial charge in [-0.3, -0.25) is 24.0 Å². The summed E-state index contributed by atoms with van der Waals surface area (Å²) in [5.41, 5.74) is 6.67. The number of benzene rings is 5. The van der Waals surface area contributed by atoms with Crippen LogP contribution in [0.5, 0.6) is 0 Å². The Kier molecular flexibility index (Phi) is 27.8. The quantitative estimate of drug-likeness (QED) is 0.0204. The molecule has 0 unspecified atom stereocenters. The highest BCUT2D eigenvalue weighted by Gasteiger charge is 2.56. The molecule has 2 fully saturated rings. The zero-order chi connectivity index (χ0) is 64.6. The molecule has 2 saturated heterocycles. The number of hydrogen-bond donors (Lipinski definition) is 12. The molecule has 0 radical (unpaired) electrons. The SMILES string of the molecule is CC(=O)N[C@H]1[C@H]([C@H](O)[C@H](O)CNC(=O)c2ccc(-c3ccccc3)cc2)O[C@](C=O)(OCCCSCCNCc2ccc(CCCCSCCO[C@]3(C(=O)O)C[C@H](O)[C@@H](NC(C)=O)[C@H]([C@H](O)[C@H](O)CNC(=O)c4ccc(-c5ccccc5)cc4)O3)cc2)C[C@@H]1O. The molecule has 24 heteroatoms. The van der Waals surface area contributed by atoms with E-state index in [1.807, 2.05) is 60.7 Å². The van der Waals surface area contributed by atoms with E-state index in [-0.39, 0.29) is 19.6 Å². The Bertz CT molecular complexity index is 3070. The van der Waals surface area contributed by atoms with Gasteiger partial charge in [-0.25, -0.2) is 4.79 Å². The van der Waals surface area contributed by atoms with E-state index in [9.17, 15) is 64.5 Å². The monoisotopic (exact) mass is 1280 g/mol. The summed E-state index contributed by atoms with van der Waals surface area (Å²) in [6.45, 7) is 2.91. The molecule has 5 aromatic rings. The van der Waals surface area contributed by atoms with Crippen molar-refractivity contribution in [3.8, 4) is 22.3 Å². The van der Waals surface area contributed by atoms with E-state index in [0.717, 1.165) is 65.1 Å². The second-order valence-electron chi connectivity index (χ2n) is 22.3. The largest absolute Gasteiger partial charge is 0.477 e. The third-order valence-corrected chi connectivity index (χ3v) is 17.6. The van der Waals surface area contributed by atoms with Crippen LogP contribution in [0.15, 0.2) is 133 Å². The molecule has 2 aliphatic heterocycles. The lowest BCUT2D eigenvalue weighted by atomic mass is 9.88. The topological polar surface area (TPSA) is 341 Å². The first-order valence-electron chi connectivity index (χ1n) is 30.1. The average molecular weight is 1280 g/mol. The number of aldehydes is 1. The molecule has 90 heavy (non-hydrogen) atoms. The van der Waals surface area contributed by atoms with Crippen LogP contribution >= 0.6 is 23.5 Å². The van der Waals surface area contributed by atoms with Crippen LogP contribution in [0, 0.1) is 0 Å². The van der Waals surface area contributed by atoms with Gasteiger partial charge in [-0.15, -0.1) is 0 Å². The number of carbonyl (C=O) groups is 6. The molecule has 12 N–H and O–H groups in total. The van der Waals surface area contributed by atoms with Crippen molar-refractivity contribution in [1.82, 2.24) is 26.6 Å². The summed E-state index contributed by atoms with van der Waals surface area (Å²) in [5.74, 6) is -5.50. The summed E-state index contributed by atoms with van der Waals surface area (Å²) >= 11 is 3.22. The number of thioether (sulfide) groups is 2. The van der Waals surface area contributed by atoms with Gasteiger partial charge in [0.15, 0.2) is 6.29 Å². The summed E-state index contributed by atoms with van der Waals surface area (Å²) < 4.78 is 23.6. The molecule has 2 aliphatic rings. The molecule has 0 aromatic heterocycles. The number of rotatable bonds is 35. The summed E-state index contributed by atoms with van der Waals surface area (Å²) in [6.07, 6.45) is -10.4. The van der Waals surface area contributed by atoms with Crippen LogP contribution in [-0.4, -0.2) is 200 Å². The van der Waals surface area contributed by atoms with E-state index in [2.05, 4.69) is 50.8 Å². The van der Waals surface area contributed by atoms with Gasteiger partial charge in [0.05, 0.1) is 49.7 Å². The number of amides is 4. The molecular formula is C66H83N5O17S2. The number of carboxylic acids is 1. The van der Waals surface area contributed by atoms with E-state index in [1.54, 1.807) is 72.1 Å². The van der Waals surface area contributed by atoms with Crippen LogP contribution in [0.4, 0.5) is 0 Å². The van der Waals surface area contributed by atoms with Gasteiger partial charge in [0.1, 0.15) is 24.4 Å². The van der Waals surface area contributed by atoms with Gasteiger partial charge < -0.3 is 81.3 Å². The van der Waals surface area contributed by atoms with Crippen molar-refractivity contribution < 1.29 is 83.5 Å². The van der Waals surface area contributed by atoms with E-state index < -0.39 is 122 Å². The molecule has 7 rings (SSSR count). The van der Waals surface area contributed by atoms with Gasteiger partial charge in [-0.1, -0.05) is 109 Å². The van der Waals surface area contributed by atoms with E-state index >= 15 is 0 Å². The Morgan fingerprint density at radius 1 is 0.578 bits per heavy atom. The molecule has 0 aliphatic carbocycles. The smallest absolute Gasteiger partial charge is 0.364 e. The number of ether oxygens (including phenoxy) is 4. The number of aliphatic carboxylic acids is 1. The third-order valence-electron chi connectivity index (χ3n) is 15.5. The van der Waals surface area contributed by atoms with Crippen molar-refractivity contribution in [3.63, 3.8) is 0 Å². The second-order valence-corrected chi connectivity index (χ2v) is 24.7. The van der Waals surface area contributed by atoms with Gasteiger partial charge in [0, 0.05) is 75.5 Å². The van der Waals surface area contributed by atoms with Crippen molar-refractivity contribution in [2.75, 3.05) is 55.9 Å². The Morgan fingerprint density at radius 2 is 1.06 bits per heavy atom. The highest BCUT2D eigenvalue weighted by atomic mass is 32.2. The van der Waals surface area contributed by atoms with E-state index in [1.165, 1.54) is 19.4 Å². The predicted molar refractivity (Wildman–Crippen MR) is 340 cm³/mol. The fourth-order valence-electron chi connectivity index (χ4n) is 10.6. The maximum absolute atomic E-state index is 13.0. The number of aryl methyl sites for hydroxylation is 1. The zero-order valence-electron chi connectivity index (χ0n) is 50.4. The van der Waals surface area contributed by atoms with Crippen molar-refractivity contribution in [3.05, 3.63) is 156 Å². The van der Waals surface area contributed by atoms with Crippen molar-refractivity contribution in [2.24, 2.45) is 0 Å². The van der Waals surface area contributed by atoms with Crippen molar-refractivity contribution in [1.29, 1.82) is 0 Å². The molecule has 12 atom stereocenters. The van der Waals surface area contributed by atoms with Gasteiger partial charge in [0.25, 0.3) is 17.6 Å². The molecule has 486 valence electrons.